The highest BCUT2D eigenvalue weighted by atomic mass is 16.3. The van der Waals surface area contributed by atoms with E-state index in [0.717, 1.165) is 24.3 Å². The van der Waals surface area contributed by atoms with Crippen LogP contribution in [0.1, 0.15) is 30.4 Å². The first kappa shape index (κ1) is 18.1. The van der Waals surface area contributed by atoms with Gasteiger partial charge < -0.3 is 21.1 Å². The van der Waals surface area contributed by atoms with Crippen LogP contribution in [0, 0.1) is 11.3 Å². The lowest BCUT2D eigenvalue weighted by atomic mass is 10.1. The predicted octanol–water partition coefficient (Wildman–Crippen LogP) is 2.14. The van der Waals surface area contributed by atoms with Crippen LogP contribution in [-0.2, 0) is 4.79 Å². The number of fused-ring (bicyclic) bond motifs is 1. The molecule has 5 rings (SSSR count). The third kappa shape index (κ3) is 3.56. The van der Waals surface area contributed by atoms with E-state index < -0.39 is 6.23 Å². The fourth-order valence-electron chi connectivity index (χ4n) is 3.37. The minimum absolute atomic E-state index is 0.148. The number of nitrogens with one attached hydrogen (secondary N) is 3. The first-order valence-corrected chi connectivity index (χ1v) is 9.69. The number of nitriles is 1. The highest BCUT2D eigenvalue weighted by molar-refractivity contribution is 5.85. The Balaban J connectivity index is 1.54. The van der Waals surface area contributed by atoms with Crippen molar-refractivity contribution in [1.29, 1.82) is 5.26 Å². The largest absolute Gasteiger partial charge is 0.370 e. The number of aliphatic hydroxyl groups excluding tert-OH is 1. The van der Waals surface area contributed by atoms with Crippen molar-refractivity contribution < 1.29 is 9.90 Å². The van der Waals surface area contributed by atoms with Crippen LogP contribution >= 0.6 is 0 Å². The Hall–Kier alpha value is -3.90. The molecule has 30 heavy (non-hydrogen) atoms. The monoisotopic (exact) mass is 401 g/mol. The highest BCUT2D eigenvalue weighted by Gasteiger charge is 2.26. The molecule has 1 atom stereocenters. The van der Waals surface area contributed by atoms with E-state index in [9.17, 15) is 9.90 Å². The molecule has 150 valence electrons. The molecule has 0 radical (unpaired) electrons. The van der Waals surface area contributed by atoms with Crippen LogP contribution in [0.3, 0.4) is 0 Å². The lowest BCUT2D eigenvalue weighted by molar-refractivity contribution is -0.120. The lowest BCUT2D eigenvalue weighted by Crippen LogP contribution is -2.24. The molecule has 1 aliphatic carbocycles. The first-order valence-electron chi connectivity index (χ1n) is 9.69. The van der Waals surface area contributed by atoms with E-state index in [4.69, 9.17) is 10.2 Å². The number of amides is 1. The molecule has 3 heterocycles. The molecule has 9 heteroatoms. The third-order valence-electron chi connectivity index (χ3n) is 5.07. The average molecular weight is 401 g/mol. The summed E-state index contributed by atoms with van der Waals surface area (Å²) in [5.74, 6) is 1.22. The van der Waals surface area contributed by atoms with Crippen molar-refractivity contribution in [2.75, 3.05) is 10.6 Å². The Morgan fingerprint density at radius 3 is 2.77 bits per heavy atom. The van der Waals surface area contributed by atoms with Gasteiger partial charge in [-0.2, -0.15) is 14.9 Å². The number of nitrogens with zero attached hydrogens (tertiary/aromatic N) is 4. The van der Waals surface area contributed by atoms with Crippen LogP contribution in [0.25, 0.3) is 11.7 Å². The molecule has 4 N–H and O–H groups in total. The van der Waals surface area contributed by atoms with Gasteiger partial charge in [0, 0.05) is 23.4 Å². The molecule has 1 saturated carbocycles. The van der Waals surface area contributed by atoms with Crippen LogP contribution in [0.4, 0.5) is 17.3 Å². The summed E-state index contributed by atoms with van der Waals surface area (Å²) < 4.78 is 1.73. The SMILES string of the molecule is N#Cc1ccc(Nc2cc(NC3CC3)n3ncc(C=C4CC(=O)NC4O)c3n2)cc1. The summed E-state index contributed by atoms with van der Waals surface area (Å²) in [6.07, 6.45) is 4.81. The summed E-state index contributed by atoms with van der Waals surface area (Å²) in [5, 5.41) is 32.6. The molecule has 1 aliphatic heterocycles. The minimum Gasteiger partial charge on any atom is -0.370 e. The molecule has 0 bridgehead atoms. The number of aromatic nitrogens is 3. The molecule has 0 spiro atoms. The van der Waals surface area contributed by atoms with Gasteiger partial charge >= 0.3 is 0 Å². The number of rotatable bonds is 5. The number of hydrogen-bond acceptors (Lipinski definition) is 7. The summed E-state index contributed by atoms with van der Waals surface area (Å²) in [6, 6.07) is 11.5. The van der Waals surface area contributed by atoms with Crippen molar-refractivity contribution in [1.82, 2.24) is 19.9 Å². The number of aliphatic hydroxyl groups is 1. The van der Waals surface area contributed by atoms with E-state index in [-0.39, 0.29) is 12.3 Å². The van der Waals surface area contributed by atoms with Crippen LogP contribution in [0.15, 0.2) is 42.1 Å². The van der Waals surface area contributed by atoms with Gasteiger partial charge in [-0.15, -0.1) is 0 Å². The standard InChI is InChI=1S/C21H19N7O2/c22-10-12-1-3-15(4-2-12)24-17-9-18(25-16-5-6-16)28-20(26-17)14(11-23-28)7-13-8-19(29)27-21(13)30/h1-4,7,9,11,16,21,25,30H,5-6,8H2,(H,24,26)(H,27,29). The molecule has 9 nitrogen and oxygen atoms in total. The van der Waals surface area contributed by atoms with Gasteiger partial charge in [-0.3, -0.25) is 4.79 Å². The molecule has 1 aromatic carbocycles. The van der Waals surface area contributed by atoms with Gasteiger partial charge in [-0.05, 0) is 48.8 Å². The van der Waals surface area contributed by atoms with Crippen molar-refractivity contribution in [3.63, 3.8) is 0 Å². The zero-order valence-electron chi connectivity index (χ0n) is 16.0. The van der Waals surface area contributed by atoms with Crippen LogP contribution in [0.5, 0.6) is 0 Å². The number of benzene rings is 1. The van der Waals surface area contributed by atoms with Gasteiger partial charge in [0.2, 0.25) is 5.91 Å². The van der Waals surface area contributed by atoms with Crippen LogP contribution < -0.4 is 16.0 Å². The normalized spacial score (nSPS) is 19.7. The predicted molar refractivity (Wildman–Crippen MR) is 111 cm³/mol. The van der Waals surface area contributed by atoms with Crippen molar-refractivity contribution in [3.8, 4) is 6.07 Å². The zero-order chi connectivity index (χ0) is 20.7. The van der Waals surface area contributed by atoms with E-state index in [1.165, 1.54) is 0 Å². The Kier molecular flexibility index (Phi) is 4.34. The molecule has 2 aromatic heterocycles. The zero-order valence-corrected chi connectivity index (χ0v) is 16.0. The van der Waals surface area contributed by atoms with Crippen molar-refractivity contribution >= 4 is 35.0 Å². The summed E-state index contributed by atoms with van der Waals surface area (Å²) in [6.45, 7) is 0. The first-order chi connectivity index (χ1) is 14.6. The van der Waals surface area contributed by atoms with E-state index in [0.29, 0.717) is 34.2 Å². The molecule has 1 unspecified atom stereocenters. The molecule has 2 aliphatic rings. The van der Waals surface area contributed by atoms with Crippen molar-refractivity contribution in [2.24, 2.45) is 0 Å². The van der Waals surface area contributed by atoms with E-state index in [1.54, 1.807) is 28.9 Å². The summed E-state index contributed by atoms with van der Waals surface area (Å²) in [4.78, 5) is 16.3. The van der Waals surface area contributed by atoms with Crippen molar-refractivity contribution in [2.45, 2.75) is 31.5 Å². The fourth-order valence-corrected chi connectivity index (χ4v) is 3.37. The second-order valence-electron chi connectivity index (χ2n) is 7.46. The molecular weight excluding hydrogens is 382 g/mol. The second-order valence-corrected chi connectivity index (χ2v) is 7.46. The van der Waals surface area contributed by atoms with Gasteiger partial charge in [0.05, 0.1) is 24.3 Å². The van der Waals surface area contributed by atoms with Gasteiger partial charge in [-0.25, -0.2) is 4.98 Å². The molecule has 1 amide bonds. The lowest BCUT2D eigenvalue weighted by Gasteiger charge is -2.12. The van der Waals surface area contributed by atoms with Gasteiger partial charge in [-0.1, -0.05) is 0 Å². The van der Waals surface area contributed by atoms with Crippen molar-refractivity contribution in [3.05, 3.63) is 53.2 Å². The minimum atomic E-state index is -0.989. The van der Waals surface area contributed by atoms with Gasteiger partial charge in [0.1, 0.15) is 17.9 Å². The maximum absolute atomic E-state index is 11.6. The Labute approximate surface area is 172 Å². The van der Waals surface area contributed by atoms with Gasteiger partial charge in [0.15, 0.2) is 5.65 Å². The molecule has 3 aromatic rings. The Morgan fingerprint density at radius 1 is 1.30 bits per heavy atom. The summed E-state index contributed by atoms with van der Waals surface area (Å²) >= 11 is 0. The summed E-state index contributed by atoms with van der Waals surface area (Å²) in [7, 11) is 0. The summed E-state index contributed by atoms with van der Waals surface area (Å²) in [5.41, 5.74) is 3.30. The van der Waals surface area contributed by atoms with Crippen LogP contribution in [-0.4, -0.2) is 37.9 Å². The highest BCUT2D eigenvalue weighted by Crippen LogP contribution is 2.29. The van der Waals surface area contributed by atoms with E-state index >= 15 is 0 Å². The number of carbonyl (C=O) groups is 1. The van der Waals surface area contributed by atoms with Gasteiger partial charge in [0.25, 0.3) is 0 Å². The Morgan fingerprint density at radius 2 is 2.10 bits per heavy atom. The van der Waals surface area contributed by atoms with E-state index in [2.05, 4.69) is 27.1 Å². The molecular formula is C21H19N7O2. The van der Waals surface area contributed by atoms with Crippen LogP contribution in [0.2, 0.25) is 0 Å². The molecule has 2 fully saturated rings. The smallest absolute Gasteiger partial charge is 0.226 e. The quantitative estimate of drug-likeness (QED) is 0.516. The maximum Gasteiger partial charge on any atom is 0.226 e. The fraction of sp³-hybridized carbons (Fsp3) is 0.238. The topological polar surface area (TPSA) is 127 Å². The molecule has 1 saturated heterocycles. The van der Waals surface area contributed by atoms with E-state index in [1.807, 2.05) is 18.2 Å². The maximum atomic E-state index is 11.6. The average Bonchev–Trinajstić information content (AvgIpc) is 3.37. The Bertz CT molecular complexity index is 1200. The number of carbonyl (C=O) groups excluding carboxylic acids is 1. The number of anilines is 3. The second kappa shape index (κ2) is 7.17. The third-order valence-corrected chi connectivity index (χ3v) is 5.07. The number of hydrogen-bond donors (Lipinski definition) is 4.